The van der Waals surface area contributed by atoms with Gasteiger partial charge in [-0.05, 0) is 0 Å². The van der Waals surface area contributed by atoms with Crippen LogP contribution in [0.15, 0.2) is 30.3 Å². The number of hydrogen-bond acceptors (Lipinski definition) is 1. The third-order valence-electron chi connectivity index (χ3n) is 2.03. The molecule has 1 aromatic carbocycles. The van der Waals surface area contributed by atoms with Gasteiger partial charge >= 0.3 is 87.4 Å². The molecule has 1 rings (SSSR count). The van der Waals surface area contributed by atoms with Gasteiger partial charge in [0.15, 0.2) is 0 Å². The zero-order chi connectivity index (χ0) is 10.8. The summed E-state index contributed by atoms with van der Waals surface area (Å²) < 4.78 is 6.15. The van der Waals surface area contributed by atoms with Crippen molar-refractivity contribution in [1.29, 1.82) is 0 Å². The predicted molar refractivity (Wildman–Crippen MR) is 67.1 cm³/mol. The molecule has 0 saturated heterocycles. The molecule has 2 heteroatoms. The molecule has 0 aromatic heterocycles. The monoisotopic (exact) mass is 212 g/mol. The van der Waals surface area contributed by atoms with Crippen molar-refractivity contribution in [3.8, 4) is 0 Å². The van der Waals surface area contributed by atoms with Crippen molar-refractivity contribution < 1.29 is 4.52 Å². The molecule has 14 heavy (non-hydrogen) atoms. The van der Waals surface area contributed by atoms with Gasteiger partial charge < -0.3 is 0 Å². The molecule has 0 atom stereocenters. The summed E-state index contributed by atoms with van der Waals surface area (Å²) in [5, 5.41) is 1.36. The van der Waals surface area contributed by atoms with Gasteiger partial charge in [0.05, 0.1) is 0 Å². The van der Waals surface area contributed by atoms with Crippen molar-refractivity contribution in [2.24, 2.45) is 0 Å². The van der Waals surface area contributed by atoms with E-state index in [0.29, 0.717) is 0 Å². The number of rotatable bonds is 2. The fraction of sp³-hybridized carbons (Fsp3) is 0.500. The molecule has 0 N–H and O–H groups in total. The molecular weight excluding hydrogens is 191 g/mol. The minimum atomic E-state index is -1.71. The Morgan fingerprint density at radius 3 is 1.93 bits per heavy atom. The van der Waals surface area contributed by atoms with E-state index in [2.05, 4.69) is 58.4 Å². The van der Waals surface area contributed by atoms with Crippen molar-refractivity contribution in [2.45, 2.75) is 26.4 Å². The molecule has 0 aliphatic carbocycles. The third kappa shape index (κ3) is 3.40. The molecule has 0 unspecified atom stereocenters. The Morgan fingerprint density at radius 1 is 1.00 bits per heavy atom. The van der Waals surface area contributed by atoms with E-state index in [1.54, 1.807) is 0 Å². The Labute approximate surface area is 87.9 Å². The van der Waals surface area contributed by atoms with Crippen LogP contribution < -0.4 is 5.30 Å². The first-order chi connectivity index (χ1) is 6.31. The van der Waals surface area contributed by atoms with Crippen molar-refractivity contribution in [1.82, 2.24) is 0 Å². The molecule has 0 heterocycles. The quantitative estimate of drug-likeness (QED) is 0.685. The van der Waals surface area contributed by atoms with Crippen LogP contribution in [0.2, 0.25) is 0 Å². The molecule has 0 aliphatic heterocycles. The topological polar surface area (TPSA) is 9.23 Å². The van der Waals surface area contributed by atoms with Crippen LogP contribution in [0.1, 0.15) is 20.8 Å². The van der Waals surface area contributed by atoms with Crippen LogP contribution in [-0.2, 0) is 4.52 Å². The van der Waals surface area contributed by atoms with Crippen LogP contribution in [0, 0.1) is 0 Å². The normalized spacial score (nSPS) is 14.1. The van der Waals surface area contributed by atoms with Crippen molar-refractivity contribution in [2.75, 3.05) is 13.3 Å². The van der Waals surface area contributed by atoms with Crippen molar-refractivity contribution in [3.63, 3.8) is 0 Å². The fourth-order valence-corrected chi connectivity index (χ4v) is 4.31. The first kappa shape index (κ1) is 11.7. The Bertz CT molecular complexity index is 285. The molecule has 1 nitrogen and oxygen atoms in total. The summed E-state index contributed by atoms with van der Waals surface area (Å²) in [5.41, 5.74) is -0.0500. The summed E-state index contributed by atoms with van der Waals surface area (Å²) in [6.45, 7) is 10.8. The molecule has 0 bridgehead atoms. The van der Waals surface area contributed by atoms with Gasteiger partial charge in [0.2, 0.25) is 0 Å². The molecule has 0 aliphatic rings. The Hall–Kier alpha value is -0.390. The summed E-state index contributed by atoms with van der Waals surface area (Å²) in [6, 6.07) is 10.5. The molecule has 0 spiro atoms. The van der Waals surface area contributed by atoms with Crippen LogP contribution in [0.5, 0.6) is 0 Å². The summed E-state index contributed by atoms with van der Waals surface area (Å²) in [5.74, 6) is 0. The summed E-state index contributed by atoms with van der Waals surface area (Å²) in [7, 11) is -1.71. The number of hydrogen-bond donors (Lipinski definition) is 0. The zero-order valence-corrected chi connectivity index (χ0v) is 10.8. The van der Waals surface area contributed by atoms with Gasteiger partial charge in [-0.1, -0.05) is 0 Å². The van der Waals surface area contributed by atoms with Gasteiger partial charge in [-0.3, -0.25) is 0 Å². The van der Waals surface area contributed by atoms with Gasteiger partial charge in [-0.2, -0.15) is 0 Å². The first-order valence-corrected chi connectivity index (χ1v) is 7.98. The Kier molecular flexibility index (Phi) is 3.34. The van der Waals surface area contributed by atoms with Crippen LogP contribution in [-0.4, -0.2) is 18.9 Å². The van der Waals surface area contributed by atoms with Gasteiger partial charge in [-0.15, -0.1) is 0 Å². The van der Waals surface area contributed by atoms with Gasteiger partial charge in [0.25, 0.3) is 0 Å². The van der Waals surface area contributed by atoms with E-state index in [-0.39, 0.29) is 5.60 Å². The first-order valence-electron chi connectivity index (χ1n) is 5.07. The predicted octanol–water partition coefficient (Wildman–Crippen LogP) is 3.05. The fourth-order valence-electron chi connectivity index (χ4n) is 1.66. The van der Waals surface area contributed by atoms with Crippen LogP contribution in [0.4, 0.5) is 0 Å². The molecule has 0 fully saturated rings. The van der Waals surface area contributed by atoms with Crippen molar-refractivity contribution in [3.05, 3.63) is 30.3 Å². The van der Waals surface area contributed by atoms with E-state index in [4.69, 9.17) is 4.52 Å². The van der Waals surface area contributed by atoms with E-state index >= 15 is 0 Å². The van der Waals surface area contributed by atoms with E-state index in [0.717, 1.165) is 0 Å². The summed E-state index contributed by atoms with van der Waals surface area (Å²) in [4.78, 5) is 0. The van der Waals surface area contributed by atoms with Gasteiger partial charge in [-0.25, -0.2) is 0 Å². The van der Waals surface area contributed by atoms with Crippen LogP contribution in [0.25, 0.3) is 0 Å². The van der Waals surface area contributed by atoms with Crippen molar-refractivity contribution >= 4 is 12.8 Å². The number of benzene rings is 1. The molecular formula is C12H21OP. The average molecular weight is 212 g/mol. The molecule has 0 amide bonds. The Morgan fingerprint density at radius 2 is 1.50 bits per heavy atom. The summed E-state index contributed by atoms with van der Waals surface area (Å²) >= 11 is 0. The minimum absolute atomic E-state index is 0.0500. The second-order valence-electron chi connectivity index (χ2n) is 5.09. The molecule has 1 aromatic rings. The maximum atomic E-state index is 6.15. The van der Waals surface area contributed by atoms with E-state index in [9.17, 15) is 0 Å². The third-order valence-corrected chi connectivity index (χ3v) is 4.88. The Balaban J connectivity index is 2.86. The zero-order valence-electron chi connectivity index (χ0n) is 9.79. The van der Waals surface area contributed by atoms with E-state index in [1.807, 2.05) is 6.07 Å². The second-order valence-corrected chi connectivity index (χ2v) is 8.89. The van der Waals surface area contributed by atoms with Crippen LogP contribution in [0.3, 0.4) is 0 Å². The summed E-state index contributed by atoms with van der Waals surface area (Å²) in [6.07, 6.45) is 0. The second kappa shape index (κ2) is 4.00. The van der Waals surface area contributed by atoms with Crippen LogP contribution >= 0.6 is 7.49 Å². The van der Waals surface area contributed by atoms with E-state index in [1.165, 1.54) is 5.30 Å². The van der Waals surface area contributed by atoms with Gasteiger partial charge in [0.1, 0.15) is 0 Å². The molecule has 0 saturated carbocycles. The average Bonchev–Trinajstić information content (AvgIpc) is 2.01. The SMILES string of the molecule is CC(C)(C)O[PH](C)(C)c1ccccc1. The molecule has 80 valence electrons. The van der Waals surface area contributed by atoms with E-state index < -0.39 is 7.49 Å². The molecule has 0 radical (unpaired) electrons. The maximum absolute atomic E-state index is 6.15. The van der Waals surface area contributed by atoms with Gasteiger partial charge in [0, 0.05) is 0 Å². The standard InChI is InChI=1S/C12H21OP/c1-12(2,3)13-14(4,5)11-9-7-6-8-10-11/h6-10,14H,1-5H3.